The van der Waals surface area contributed by atoms with Gasteiger partial charge in [-0.2, -0.15) is 10.1 Å². The monoisotopic (exact) mass is 272 g/mol. The molecule has 0 unspecified atom stereocenters. The summed E-state index contributed by atoms with van der Waals surface area (Å²) in [7, 11) is 1.98. The van der Waals surface area contributed by atoms with Gasteiger partial charge in [-0.3, -0.25) is 0 Å². The second kappa shape index (κ2) is 3.96. The van der Waals surface area contributed by atoms with Gasteiger partial charge in [0.2, 0.25) is 5.78 Å². The number of benzene rings is 1. The molecule has 0 aliphatic carbocycles. The molecule has 2 radical (unpaired) electrons. The van der Waals surface area contributed by atoms with Crippen molar-refractivity contribution in [3.8, 4) is 0 Å². The highest BCUT2D eigenvalue weighted by molar-refractivity contribution is 7.90. The average Bonchev–Trinajstić information content (AvgIpc) is 2.94. The summed E-state index contributed by atoms with van der Waals surface area (Å²) in [5.74, 6) is 0.165. The number of aromatic nitrogens is 4. The van der Waals surface area contributed by atoms with Crippen LogP contribution in [0.2, 0.25) is 0 Å². The maximum atomic E-state index is 12.5. The van der Waals surface area contributed by atoms with Crippen LogP contribution in [0, 0.1) is 6.92 Å². The molecule has 1 aromatic carbocycles. The first-order chi connectivity index (χ1) is 9.00. The number of rotatable bonds is 2. The standard InChI is InChI=1S/C11H9BN4O2S/c1-8-2-4-9(5-3-8)19(17,18)15-6-10(12)16-11(15)13-7-14-16/h2-7H,1H3. The van der Waals surface area contributed by atoms with Gasteiger partial charge in [0.05, 0.1) is 4.90 Å². The lowest BCUT2D eigenvalue weighted by atomic mass is 10.1. The number of hydrogen-bond donors (Lipinski definition) is 0. The maximum Gasteiger partial charge on any atom is 0.270 e. The highest BCUT2D eigenvalue weighted by Gasteiger charge is 2.21. The van der Waals surface area contributed by atoms with Crippen LogP contribution in [0.3, 0.4) is 0 Å². The largest absolute Gasteiger partial charge is 0.270 e. The fourth-order valence-electron chi connectivity index (χ4n) is 1.80. The van der Waals surface area contributed by atoms with Gasteiger partial charge in [0.1, 0.15) is 14.2 Å². The van der Waals surface area contributed by atoms with E-state index < -0.39 is 10.0 Å². The third-order valence-electron chi connectivity index (χ3n) is 2.80. The van der Waals surface area contributed by atoms with E-state index in [0.717, 1.165) is 9.54 Å². The Morgan fingerprint density at radius 3 is 2.58 bits per heavy atom. The van der Waals surface area contributed by atoms with Crippen molar-refractivity contribution >= 4 is 29.2 Å². The van der Waals surface area contributed by atoms with Gasteiger partial charge in [0, 0.05) is 11.8 Å². The summed E-state index contributed by atoms with van der Waals surface area (Å²) in [6.07, 6.45) is 2.55. The molecule has 0 saturated carbocycles. The van der Waals surface area contributed by atoms with Crippen molar-refractivity contribution in [1.29, 1.82) is 0 Å². The molecule has 3 rings (SSSR count). The van der Waals surface area contributed by atoms with Crippen LogP contribution in [0.25, 0.3) is 5.78 Å². The van der Waals surface area contributed by atoms with Crippen molar-refractivity contribution in [2.75, 3.05) is 0 Å². The lowest BCUT2D eigenvalue weighted by Gasteiger charge is -2.05. The first-order valence-electron chi connectivity index (χ1n) is 5.49. The van der Waals surface area contributed by atoms with Gasteiger partial charge in [-0.05, 0) is 19.1 Å². The normalized spacial score (nSPS) is 12.1. The average molecular weight is 272 g/mol. The molecular formula is C11H9BN4O2S. The fraction of sp³-hybridized carbons (Fsp3) is 0.0909. The Balaban J connectivity index is 2.25. The number of nitrogens with zero attached hydrogens (tertiary/aromatic N) is 4. The van der Waals surface area contributed by atoms with E-state index in [1.807, 2.05) is 6.92 Å². The summed E-state index contributed by atoms with van der Waals surface area (Å²) in [5, 5.41) is 3.86. The third-order valence-corrected chi connectivity index (χ3v) is 4.45. The quantitative estimate of drug-likeness (QED) is 0.609. The number of aryl methyl sites for hydroxylation is 1. The number of fused-ring (bicyclic) bond motifs is 1. The van der Waals surface area contributed by atoms with E-state index in [9.17, 15) is 8.42 Å². The Kier molecular flexibility index (Phi) is 2.49. The Bertz CT molecular complexity index is 849. The molecule has 0 N–H and O–H groups in total. The van der Waals surface area contributed by atoms with Gasteiger partial charge in [0.25, 0.3) is 10.0 Å². The lowest BCUT2D eigenvalue weighted by Crippen LogP contribution is -2.13. The van der Waals surface area contributed by atoms with Crippen LogP contribution in [0.15, 0.2) is 41.7 Å². The van der Waals surface area contributed by atoms with Crippen LogP contribution in [0.5, 0.6) is 0 Å². The molecule has 6 nitrogen and oxygen atoms in total. The van der Waals surface area contributed by atoms with E-state index >= 15 is 0 Å². The van der Waals surface area contributed by atoms with Gasteiger partial charge >= 0.3 is 0 Å². The van der Waals surface area contributed by atoms with Crippen molar-refractivity contribution in [1.82, 2.24) is 18.6 Å². The smallest absolute Gasteiger partial charge is 0.212 e. The molecule has 0 atom stereocenters. The predicted molar refractivity (Wildman–Crippen MR) is 70.1 cm³/mol. The van der Waals surface area contributed by atoms with Gasteiger partial charge in [-0.25, -0.2) is 16.9 Å². The van der Waals surface area contributed by atoms with Gasteiger partial charge < -0.3 is 0 Å². The molecule has 0 aliphatic rings. The third kappa shape index (κ3) is 1.75. The van der Waals surface area contributed by atoms with Gasteiger partial charge in [-0.15, -0.1) is 0 Å². The van der Waals surface area contributed by atoms with E-state index in [-0.39, 0.29) is 16.3 Å². The minimum absolute atomic E-state index is 0.165. The first-order valence-corrected chi connectivity index (χ1v) is 6.93. The summed E-state index contributed by atoms with van der Waals surface area (Å²) < 4.78 is 27.3. The molecule has 94 valence electrons. The summed E-state index contributed by atoms with van der Waals surface area (Å²) in [5.41, 5.74) is 1.20. The van der Waals surface area contributed by atoms with E-state index in [0.29, 0.717) is 0 Å². The van der Waals surface area contributed by atoms with E-state index in [4.69, 9.17) is 7.85 Å². The fourth-order valence-corrected chi connectivity index (χ4v) is 3.09. The van der Waals surface area contributed by atoms with Crippen molar-refractivity contribution in [2.24, 2.45) is 0 Å². The van der Waals surface area contributed by atoms with Gasteiger partial charge in [-0.1, -0.05) is 17.7 Å². The molecule has 0 fully saturated rings. The Morgan fingerprint density at radius 1 is 1.21 bits per heavy atom. The van der Waals surface area contributed by atoms with Crippen LogP contribution >= 0.6 is 0 Å². The molecule has 8 heteroatoms. The highest BCUT2D eigenvalue weighted by atomic mass is 32.2. The topological polar surface area (TPSA) is 69.3 Å². The molecule has 0 aliphatic heterocycles. The van der Waals surface area contributed by atoms with E-state index in [1.54, 1.807) is 24.3 Å². The van der Waals surface area contributed by atoms with Crippen LogP contribution in [-0.4, -0.2) is 34.8 Å². The summed E-state index contributed by atoms with van der Waals surface area (Å²) in [6, 6.07) is 6.57. The Hall–Kier alpha value is -2.09. The molecule has 0 spiro atoms. The zero-order valence-electron chi connectivity index (χ0n) is 10.1. The molecule has 19 heavy (non-hydrogen) atoms. The number of imidazole rings is 1. The summed E-state index contributed by atoms with van der Waals surface area (Å²) in [6.45, 7) is 1.89. The minimum atomic E-state index is -3.72. The molecule has 2 aromatic heterocycles. The van der Waals surface area contributed by atoms with Crippen molar-refractivity contribution < 1.29 is 8.42 Å². The Labute approximate surface area is 111 Å². The zero-order chi connectivity index (χ0) is 13.6. The van der Waals surface area contributed by atoms with Crippen molar-refractivity contribution in [3.05, 3.63) is 42.4 Å². The number of hydrogen-bond acceptors (Lipinski definition) is 4. The molecule has 2 heterocycles. The molecular weight excluding hydrogens is 263 g/mol. The van der Waals surface area contributed by atoms with E-state index in [2.05, 4.69) is 10.1 Å². The molecule has 3 aromatic rings. The molecule has 0 bridgehead atoms. The lowest BCUT2D eigenvalue weighted by molar-refractivity contribution is 0.588. The van der Waals surface area contributed by atoms with E-state index in [1.165, 1.54) is 17.0 Å². The maximum absolute atomic E-state index is 12.5. The Morgan fingerprint density at radius 2 is 1.89 bits per heavy atom. The summed E-state index contributed by atoms with van der Waals surface area (Å²) in [4.78, 5) is 4.08. The zero-order valence-corrected chi connectivity index (χ0v) is 10.9. The second-order valence-corrected chi connectivity index (χ2v) is 5.95. The second-order valence-electron chi connectivity index (χ2n) is 4.14. The molecule has 0 amide bonds. The van der Waals surface area contributed by atoms with Gasteiger partial charge in [0.15, 0.2) is 0 Å². The summed E-state index contributed by atoms with van der Waals surface area (Å²) >= 11 is 0. The predicted octanol–water partition coefficient (Wildman–Crippen LogP) is -0.130. The van der Waals surface area contributed by atoms with Crippen LogP contribution in [-0.2, 0) is 10.0 Å². The van der Waals surface area contributed by atoms with Crippen LogP contribution in [0.4, 0.5) is 0 Å². The molecule has 0 saturated heterocycles. The van der Waals surface area contributed by atoms with Crippen molar-refractivity contribution in [2.45, 2.75) is 11.8 Å². The SMILES string of the molecule is [B]c1cn(S(=O)(=O)c2ccc(C)cc2)c2ncnn12. The van der Waals surface area contributed by atoms with Crippen LogP contribution in [0.1, 0.15) is 5.56 Å². The highest BCUT2D eigenvalue weighted by Crippen LogP contribution is 2.15. The van der Waals surface area contributed by atoms with Crippen LogP contribution < -0.4 is 5.59 Å². The first kappa shape index (κ1) is 12.0. The van der Waals surface area contributed by atoms with Crippen molar-refractivity contribution in [3.63, 3.8) is 0 Å². The minimum Gasteiger partial charge on any atom is -0.212 e.